The average molecular weight is 218 g/mol. The van der Waals surface area contributed by atoms with Crippen LogP contribution in [-0.4, -0.2) is 28.7 Å². The molecule has 1 aliphatic heterocycles. The van der Waals surface area contributed by atoms with Crippen molar-refractivity contribution in [3.8, 4) is 0 Å². The van der Waals surface area contributed by atoms with E-state index in [2.05, 4.69) is 0 Å². The van der Waals surface area contributed by atoms with Crippen LogP contribution in [0.2, 0.25) is 0 Å². The molecular weight excluding hydrogens is 204 g/mol. The molecule has 1 atom stereocenters. The van der Waals surface area contributed by atoms with E-state index in [1.54, 1.807) is 13.8 Å². The normalized spacial score (nSPS) is 24.8. The van der Waals surface area contributed by atoms with Crippen molar-refractivity contribution in [2.45, 2.75) is 39.1 Å². The van der Waals surface area contributed by atoms with Crippen LogP contribution in [0.5, 0.6) is 0 Å². The minimum Gasteiger partial charge on any atom is -0.432 e. The van der Waals surface area contributed by atoms with E-state index >= 15 is 0 Å². The Morgan fingerprint density at radius 3 is 2.64 bits per heavy atom. The van der Waals surface area contributed by atoms with Crippen molar-refractivity contribution in [3.63, 3.8) is 0 Å². The van der Waals surface area contributed by atoms with Crippen molar-refractivity contribution in [1.82, 2.24) is 0 Å². The monoisotopic (exact) mass is 218 g/mol. The fourth-order valence-corrected chi connectivity index (χ4v) is 1.81. The van der Waals surface area contributed by atoms with Crippen LogP contribution < -0.4 is 0 Å². The number of carbonyl (C=O) groups excluding carboxylic acids is 2. The quantitative estimate of drug-likeness (QED) is 0.669. The Morgan fingerprint density at radius 1 is 1.57 bits per heavy atom. The maximum absolute atomic E-state index is 11.2. The van der Waals surface area contributed by atoms with Gasteiger partial charge in [0.15, 0.2) is 11.2 Å². The summed E-state index contributed by atoms with van der Waals surface area (Å²) >= 11 is 1.19. The van der Waals surface area contributed by atoms with Crippen LogP contribution in [0.4, 0.5) is 0 Å². The Hall–Kier alpha value is -0.550. The van der Waals surface area contributed by atoms with E-state index in [1.807, 2.05) is 6.92 Å². The molecule has 80 valence electrons. The molecule has 5 heteroatoms. The first-order valence-electron chi connectivity index (χ1n) is 4.51. The van der Waals surface area contributed by atoms with Gasteiger partial charge in [-0.05, 0) is 5.75 Å². The third kappa shape index (κ3) is 2.99. The first-order chi connectivity index (χ1) is 6.44. The Labute approximate surface area is 87.3 Å². The second-order valence-electron chi connectivity index (χ2n) is 3.44. The number of carbonyl (C=O) groups is 2. The predicted octanol–water partition coefficient (Wildman–Crippen LogP) is 1.33. The molecule has 1 heterocycles. The van der Waals surface area contributed by atoms with Gasteiger partial charge in [0, 0.05) is 13.8 Å². The molecule has 0 bridgehead atoms. The Balaban J connectivity index is 2.47. The largest absolute Gasteiger partial charge is 0.432 e. The smallest absolute Gasteiger partial charge is 0.338 e. The van der Waals surface area contributed by atoms with Crippen molar-refractivity contribution >= 4 is 22.8 Å². The van der Waals surface area contributed by atoms with Gasteiger partial charge in [-0.3, -0.25) is 4.79 Å². The van der Waals surface area contributed by atoms with E-state index < -0.39 is 17.9 Å². The van der Waals surface area contributed by atoms with Crippen molar-refractivity contribution in [3.05, 3.63) is 0 Å². The topological polar surface area (TPSA) is 52.6 Å². The third-order valence-electron chi connectivity index (χ3n) is 1.69. The Kier molecular flexibility index (Phi) is 3.55. The fourth-order valence-electron chi connectivity index (χ4n) is 1.22. The maximum Gasteiger partial charge on any atom is 0.338 e. The summed E-state index contributed by atoms with van der Waals surface area (Å²) in [6.45, 7) is 5.20. The lowest BCUT2D eigenvalue weighted by molar-refractivity contribution is -0.160. The Morgan fingerprint density at radius 2 is 2.21 bits per heavy atom. The number of thioether (sulfide) groups is 1. The first kappa shape index (κ1) is 11.5. The molecule has 0 aliphatic carbocycles. The molecular formula is C9H14O4S. The molecule has 14 heavy (non-hydrogen) atoms. The van der Waals surface area contributed by atoms with Gasteiger partial charge in [-0.1, -0.05) is 18.7 Å². The number of esters is 1. The summed E-state index contributed by atoms with van der Waals surface area (Å²) in [5.41, 5.74) is 0. The highest BCUT2D eigenvalue weighted by Crippen LogP contribution is 2.26. The molecule has 1 saturated heterocycles. The standard InChI is InChI=1S/C9H14O4S/c1-4-14-7(10)5-6-8(11)13-9(2,3)12-6/h6H,4-5H2,1-3H3. The molecule has 0 spiro atoms. The maximum atomic E-state index is 11.2. The fraction of sp³-hybridized carbons (Fsp3) is 0.778. The molecule has 1 fully saturated rings. The molecule has 0 aromatic heterocycles. The van der Waals surface area contributed by atoms with Gasteiger partial charge >= 0.3 is 5.97 Å². The molecule has 1 rings (SSSR count). The van der Waals surface area contributed by atoms with Gasteiger partial charge in [0.25, 0.3) is 0 Å². The van der Waals surface area contributed by atoms with Gasteiger partial charge in [0.2, 0.25) is 5.79 Å². The van der Waals surface area contributed by atoms with Crippen molar-refractivity contribution < 1.29 is 19.1 Å². The lowest BCUT2D eigenvalue weighted by Crippen LogP contribution is -2.22. The molecule has 0 aromatic carbocycles. The van der Waals surface area contributed by atoms with Crippen LogP contribution in [0.3, 0.4) is 0 Å². The predicted molar refractivity (Wildman–Crippen MR) is 52.8 cm³/mol. The summed E-state index contributed by atoms with van der Waals surface area (Å²) in [7, 11) is 0. The van der Waals surface area contributed by atoms with E-state index in [0.29, 0.717) is 5.75 Å². The lowest BCUT2D eigenvalue weighted by Gasteiger charge is -2.14. The van der Waals surface area contributed by atoms with E-state index in [1.165, 1.54) is 11.8 Å². The van der Waals surface area contributed by atoms with E-state index in [-0.39, 0.29) is 11.5 Å². The third-order valence-corrected chi connectivity index (χ3v) is 2.47. The summed E-state index contributed by atoms with van der Waals surface area (Å²) in [5, 5.41) is -0.0350. The molecule has 0 N–H and O–H groups in total. The molecule has 1 aliphatic rings. The van der Waals surface area contributed by atoms with E-state index in [4.69, 9.17) is 9.47 Å². The van der Waals surface area contributed by atoms with E-state index in [0.717, 1.165) is 0 Å². The minimum atomic E-state index is -0.890. The number of rotatable bonds is 3. The highest BCUT2D eigenvalue weighted by molar-refractivity contribution is 8.13. The molecule has 0 aromatic rings. The number of ether oxygens (including phenoxy) is 2. The highest BCUT2D eigenvalue weighted by Gasteiger charge is 2.41. The van der Waals surface area contributed by atoms with Crippen molar-refractivity contribution in [2.24, 2.45) is 0 Å². The van der Waals surface area contributed by atoms with Crippen LogP contribution in [0.15, 0.2) is 0 Å². The lowest BCUT2D eigenvalue weighted by atomic mass is 10.3. The summed E-state index contributed by atoms with van der Waals surface area (Å²) < 4.78 is 10.2. The van der Waals surface area contributed by atoms with Crippen molar-refractivity contribution in [2.75, 3.05) is 5.75 Å². The molecule has 4 nitrogen and oxygen atoms in total. The second-order valence-corrected chi connectivity index (χ2v) is 4.76. The van der Waals surface area contributed by atoms with Gasteiger partial charge in [-0.25, -0.2) is 4.79 Å². The van der Waals surface area contributed by atoms with Gasteiger partial charge in [-0.2, -0.15) is 0 Å². The van der Waals surface area contributed by atoms with Crippen LogP contribution in [0.1, 0.15) is 27.2 Å². The summed E-state index contributed by atoms with van der Waals surface area (Å²) in [6.07, 6.45) is -0.627. The molecule has 0 radical (unpaired) electrons. The van der Waals surface area contributed by atoms with Crippen molar-refractivity contribution in [1.29, 1.82) is 0 Å². The zero-order chi connectivity index (χ0) is 10.8. The summed E-state index contributed by atoms with van der Waals surface area (Å²) in [5.74, 6) is -0.622. The van der Waals surface area contributed by atoms with Crippen LogP contribution in [0, 0.1) is 0 Å². The number of hydrogen-bond donors (Lipinski definition) is 0. The minimum absolute atomic E-state index is 0.0350. The van der Waals surface area contributed by atoms with E-state index in [9.17, 15) is 9.59 Å². The van der Waals surface area contributed by atoms with Crippen LogP contribution in [-0.2, 0) is 19.1 Å². The molecule has 0 saturated carbocycles. The highest BCUT2D eigenvalue weighted by atomic mass is 32.2. The molecule has 0 amide bonds. The first-order valence-corrected chi connectivity index (χ1v) is 5.49. The Bertz CT molecular complexity index is 249. The zero-order valence-corrected chi connectivity index (χ0v) is 9.35. The molecule has 1 unspecified atom stereocenters. The summed E-state index contributed by atoms with van der Waals surface area (Å²) in [4.78, 5) is 22.5. The van der Waals surface area contributed by atoms with Gasteiger partial charge in [0.1, 0.15) is 0 Å². The second kappa shape index (κ2) is 4.31. The summed E-state index contributed by atoms with van der Waals surface area (Å²) in [6, 6.07) is 0. The van der Waals surface area contributed by atoms with Crippen LogP contribution >= 0.6 is 11.8 Å². The van der Waals surface area contributed by atoms with Gasteiger partial charge < -0.3 is 9.47 Å². The number of cyclic esters (lactones) is 1. The average Bonchev–Trinajstić information content (AvgIpc) is 2.25. The zero-order valence-electron chi connectivity index (χ0n) is 8.53. The van der Waals surface area contributed by atoms with Gasteiger partial charge in [-0.15, -0.1) is 0 Å². The van der Waals surface area contributed by atoms with Crippen LogP contribution in [0.25, 0.3) is 0 Å². The SMILES string of the molecule is CCSC(=O)CC1OC(C)(C)OC1=O. The van der Waals surface area contributed by atoms with Gasteiger partial charge in [0.05, 0.1) is 6.42 Å². The number of hydrogen-bond acceptors (Lipinski definition) is 5.